The smallest absolute Gasteiger partial charge is 0.407 e. The van der Waals surface area contributed by atoms with Crippen molar-refractivity contribution in [1.29, 1.82) is 0 Å². The van der Waals surface area contributed by atoms with Gasteiger partial charge in [0.1, 0.15) is 5.60 Å². The number of thiophene rings is 1. The molecule has 1 aromatic heterocycles. The molecule has 7 nitrogen and oxygen atoms in total. The molecule has 1 aliphatic rings. The number of carbonyl (C=O) groups excluding carboxylic acids is 1. The van der Waals surface area contributed by atoms with Crippen molar-refractivity contribution in [3.05, 3.63) is 22.4 Å². The standard InChI is InChI=1S/C21H37N5O2S.HI/c1-5-22-19(23-11-9-12-24-20(27)28-21(2,3)4)25-16-17(18-10-8-15-29-18)26-13-6-7-14-26;/h8,10,15,17H,5-7,9,11-14,16H2,1-4H3,(H,24,27)(H2,22,23,25);1H. The van der Waals surface area contributed by atoms with Gasteiger partial charge < -0.3 is 20.7 Å². The Morgan fingerprint density at radius 3 is 2.53 bits per heavy atom. The van der Waals surface area contributed by atoms with Crippen LogP contribution in [0.2, 0.25) is 0 Å². The van der Waals surface area contributed by atoms with Crippen LogP contribution in [0.4, 0.5) is 4.79 Å². The van der Waals surface area contributed by atoms with Crippen LogP contribution >= 0.6 is 35.3 Å². The molecule has 0 saturated carbocycles. The first-order valence-electron chi connectivity index (χ1n) is 10.7. The molecule has 9 heteroatoms. The maximum Gasteiger partial charge on any atom is 0.407 e. The van der Waals surface area contributed by atoms with E-state index in [0.29, 0.717) is 12.6 Å². The van der Waals surface area contributed by atoms with Gasteiger partial charge in [-0.3, -0.25) is 9.89 Å². The van der Waals surface area contributed by atoms with Crippen LogP contribution in [0.5, 0.6) is 0 Å². The molecule has 3 N–H and O–H groups in total. The molecule has 1 atom stereocenters. The second-order valence-corrected chi connectivity index (χ2v) is 9.18. The summed E-state index contributed by atoms with van der Waals surface area (Å²) in [4.78, 5) is 20.5. The van der Waals surface area contributed by atoms with Gasteiger partial charge in [-0.15, -0.1) is 35.3 Å². The van der Waals surface area contributed by atoms with Gasteiger partial charge in [-0.1, -0.05) is 6.07 Å². The highest BCUT2D eigenvalue weighted by Crippen LogP contribution is 2.28. The molecule has 1 aromatic rings. The fourth-order valence-electron chi connectivity index (χ4n) is 3.24. The van der Waals surface area contributed by atoms with Crippen molar-refractivity contribution in [2.75, 3.05) is 39.3 Å². The fourth-order valence-corrected chi connectivity index (χ4v) is 4.09. The number of likely N-dealkylation sites (tertiary alicyclic amines) is 1. The zero-order valence-electron chi connectivity index (χ0n) is 18.7. The van der Waals surface area contributed by atoms with Crippen molar-refractivity contribution >= 4 is 47.4 Å². The highest BCUT2D eigenvalue weighted by Gasteiger charge is 2.24. The Labute approximate surface area is 202 Å². The number of halogens is 1. The van der Waals surface area contributed by atoms with E-state index in [2.05, 4.69) is 45.3 Å². The van der Waals surface area contributed by atoms with Gasteiger partial charge in [0.25, 0.3) is 0 Å². The third-order valence-corrected chi connectivity index (χ3v) is 5.51. The number of carbonyl (C=O) groups is 1. The monoisotopic (exact) mass is 551 g/mol. The van der Waals surface area contributed by atoms with Crippen molar-refractivity contribution in [2.45, 2.75) is 58.6 Å². The van der Waals surface area contributed by atoms with Crippen molar-refractivity contribution in [1.82, 2.24) is 20.9 Å². The van der Waals surface area contributed by atoms with Gasteiger partial charge in [0.05, 0.1) is 12.6 Å². The van der Waals surface area contributed by atoms with Gasteiger partial charge in [0.2, 0.25) is 0 Å². The van der Waals surface area contributed by atoms with Crippen LogP contribution in [0.1, 0.15) is 57.9 Å². The van der Waals surface area contributed by atoms with Crippen LogP contribution in [0.15, 0.2) is 22.5 Å². The van der Waals surface area contributed by atoms with E-state index in [0.717, 1.165) is 45.1 Å². The summed E-state index contributed by atoms with van der Waals surface area (Å²) in [6.07, 6.45) is 2.97. The summed E-state index contributed by atoms with van der Waals surface area (Å²) in [6, 6.07) is 4.68. The average molecular weight is 552 g/mol. The summed E-state index contributed by atoms with van der Waals surface area (Å²) < 4.78 is 5.24. The van der Waals surface area contributed by atoms with E-state index in [1.165, 1.54) is 17.7 Å². The number of ether oxygens (including phenoxy) is 1. The molecular formula is C21H38IN5O2S. The maximum absolute atomic E-state index is 11.7. The second kappa shape index (κ2) is 14.1. The Balaban J connectivity index is 0.00000450. The van der Waals surface area contributed by atoms with E-state index in [1.807, 2.05) is 32.1 Å². The summed E-state index contributed by atoms with van der Waals surface area (Å²) in [5.41, 5.74) is -0.471. The van der Waals surface area contributed by atoms with Crippen molar-refractivity contribution in [2.24, 2.45) is 4.99 Å². The summed E-state index contributed by atoms with van der Waals surface area (Å²) in [6.45, 7) is 12.8. The molecule has 1 unspecified atom stereocenters. The minimum absolute atomic E-state index is 0. The zero-order valence-corrected chi connectivity index (χ0v) is 21.8. The van der Waals surface area contributed by atoms with Gasteiger partial charge in [0.15, 0.2) is 5.96 Å². The van der Waals surface area contributed by atoms with Crippen molar-refractivity contribution in [3.8, 4) is 0 Å². The molecule has 172 valence electrons. The first kappa shape index (κ1) is 27.0. The number of alkyl carbamates (subject to hydrolysis) is 1. The molecular weight excluding hydrogens is 513 g/mol. The molecule has 0 radical (unpaired) electrons. The maximum atomic E-state index is 11.7. The molecule has 0 aromatic carbocycles. The van der Waals surface area contributed by atoms with Crippen LogP contribution in [0.25, 0.3) is 0 Å². The number of nitrogens with zero attached hydrogens (tertiary/aromatic N) is 2. The van der Waals surface area contributed by atoms with E-state index in [-0.39, 0.29) is 30.1 Å². The molecule has 0 spiro atoms. The Morgan fingerprint density at radius 1 is 1.23 bits per heavy atom. The van der Waals surface area contributed by atoms with Crippen molar-refractivity contribution in [3.63, 3.8) is 0 Å². The molecule has 0 bridgehead atoms. The van der Waals surface area contributed by atoms with Crippen LogP contribution < -0.4 is 16.0 Å². The molecule has 2 heterocycles. The first-order valence-corrected chi connectivity index (χ1v) is 11.5. The van der Waals surface area contributed by atoms with E-state index in [1.54, 1.807) is 0 Å². The van der Waals surface area contributed by atoms with Gasteiger partial charge in [-0.2, -0.15) is 0 Å². The highest BCUT2D eigenvalue weighted by atomic mass is 127. The lowest BCUT2D eigenvalue weighted by atomic mass is 10.2. The summed E-state index contributed by atoms with van der Waals surface area (Å²) >= 11 is 1.81. The summed E-state index contributed by atoms with van der Waals surface area (Å²) in [5.74, 6) is 0.825. The predicted octanol–water partition coefficient (Wildman–Crippen LogP) is 3.97. The summed E-state index contributed by atoms with van der Waals surface area (Å²) in [5, 5.41) is 11.6. The Hall–Kier alpha value is -1.07. The fraction of sp³-hybridized carbons (Fsp3) is 0.714. The van der Waals surface area contributed by atoms with Gasteiger partial charge in [0, 0.05) is 24.5 Å². The lowest BCUT2D eigenvalue weighted by molar-refractivity contribution is 0.0527. The topological polar surface area (TPSA) is 78.0 Å². The number of guanidine groups is 1. The van der Waals surface area contributed by atoms with Gasteiger partial charge in [-0.25, -0.2) is 4.79 Å². The van der Waals surface area contributed by atoms with E-state index < -0.39 is 5.60 Å². The zero-order chi connectivity index (χ0) is 21.1. The molecule has 1 fully saturated rings. The van der Waals surface area contributed by atoms with Gasteiger partial charge in [-0.05, 0) is 71.5 Å². The average Bonchev–Trinajstić information content (AvgIpc) is 3.34. The third-order valence-electron chi connectivity index (χ3n) is 4.53. The van der Waals surface area contributed by atoms with Gasteiger partial charge >= 0.3 is 6.09 Å². The lowest BCUT2D eigenvalue weighted by Crippen LogP contribution is -2.40. The third kappa shape index (κ3) is 10.3. The summed E-state index contributed by atoms with van der Waals surface area (Å²) in [7, 11) is 0. The first-order chi connectivity index (χ1) is 13.9. The molecule has 2 rings (SSSR count). The number of nitrogens with one attached hydrogen (secondary N) is 3. The van der Waals surface area contributed by atoms with E-state index >= 15 is 0 Å². The van der Waals surface area contributed by atoms with E-state index in [9.17, 15) is 4.79 Å². The van der Waals surface area contributed by atoms with Crippen molar-refractivity contribution < 1.29 is 9.53 Å². The molecule has 30 heavy (non-hydrogen) atoms. The lowest BCUT2D eigenvalue weighted by Gasteiger charge is -2.25. The highest BCUT2D eigenvalue weighted by molar-refractivity contribution is 14.0. The molecule has 1 saturated heterocycles. The molecule has 0 aliphatic carbocycles. The van der Waals surface area contributed by atoms with Crippen LogP contribution in [0.3, 0.4) is 0 Å². The minimum atomic E-state index is -0.471. The number of hydrogen-bond acceptors (Lipinski definition) is 5. The van der Waals surface area contributed by atoms with Crippen LogP contribution in [-0.4, -0.2) is 61.8 Å². The predicted molar refractivity (Wildman–Crippen MR) is 136 cm³/mol. The second-order valence-electron chi connectivity index (χ2n) is 8.20. The Bertz CT molecular complexity index is 628. The minimum Gasteiger partial charge on any atom is -0.444 e. The molecule has 1 aliphatic heterocycles. The number of rotatable bonds is 9. The van der Waals surface area contributed by atoms with Crippen LogP contribution in [-0.2, 0) is 4.74 Å². The quantitative estimate of drug-likeness (QED) is 0.187. The normalized spacial score (nSPS) is 15.9. The Morgan fingerprint density at radius 2 is 1.93 bits per heavy atom. The van der Waals surface area contributed by atoms with E-state index in [4.69, 9.17) is 9.73 Å². The number of hydrogen-bond donors (Lipinski definition) is 3. The largest absolute Gasteiger partial charge is 0.444 e. The van der Waals surface area contributed by atoms with Crippen LogP contribution in [0, 0.1) is 0 Å². The number of amides is 1. The molecule has 1 amide bonds. The Kier molecular flexibility index (Phi) is 12.7. The number of aliphatic imine (C=N–C) groups is 1. The SMILES string of the molecule is CCNC(=NCC(c1cccs1)N1CCCC1)NCCCNC(=O)OC(C)(C)C.I.